The molecule has 0 heterocycles. The van der Waals surface area contributed by atoms with Gasteiger partial charge >= 0.3 is 17.9 Å². The van der Waals surface area contributed by atoms with E-state index >= 15 is 0 Å². The standard InChI is InChI=1S/C59H94O6/c1-4-7-10-13-16-19-21-22-23-24-25-26-27-28-29-30-31-32-33-34-35-36-37-38-39-41-43-46-49-52-58(61)64-55-56(54-63-57(60)51-48-45-42-18-15-12-9-6-3)65-59(62)53-50-47-44-40-20-17-14-11-8-5-2/h7,10-11,14,16,19,22-23,25-26,28-29,31-32,34-35,37-38,41,43,56H,4-6,8-9,12-13,15,17-18,20-21,24,27,30,33,36,39-40,42,44-55H2,1-3H3/b10-7-,14-11-,19-16-,23-22-,26-25-,29-28-,32-31-,35-34-,38-37-,43-41-. The van der Waals surface area contributed by atoms with Gasteiger partial charge in [-0.25, -0.2) is 0 Å². The van der Waals surface area contributed by atoms with Gasteiger partial charge in [-0.3, -0.25) is 14.4 Å². The molecule has 65 heavy (non-hydrogen) atoms. The molecule has 0 aliphatic rings. The van der Waals surface area contributed by atoms with Crippen LogP contribution in [0.2, 0.25) is 0 Å². The molecule has 6 nitrogen and oxygen atoms in total. The van der Waals surface area contributed by atoms with Crippen LogP contribution in [0.4, 0.5) is 0 Å². The van der Waals surface area contributed by atoms with Crippen molar-refractivity contribution in [1.29, 1.82) is 0 Å². The molecule has 0 bridgehead atoms. The van der Waals surface area contributed by atoms with Gasteiger partial charge in [-0.05, 0) is 103 Å². The summed E-state index contributed by atoms with van der Waals surface area (Å²) in [4.78, 5) is 37.7. The number of carbonyl (C=O) groups excluding carboxylic acids is 3. The summed E-state index contributed by atoms with van der Waals surface area (Å²) in [7, 11) is 0. The molecule has 1 unspecified atom stereocenters. The lowest BCUT2D eigenvalue weighted by Crippen LogP contribution is -2.30. The van der Waals surface area contributed by atoms with Crippen molar-refractivity contribution in [3.05, 3.63) is 122 Å². The molecule has 0 spiro atoms. The summed E-state index contributed by atoms with van der Waals surface area (Å²) in [5.41, 5.74) is 0. The topological polar surface area (TPSA) is 78.9 Å². The molecule has 0 radical (unpaired) electrons. The first-order valence-electron chi connectivity index (χ1n) is 26.0. The third-order valence-electron chi connectivity index (χ3n) is 10.4. The van der Waals surface area contributed by atoms with E-state index < -0.39 is 6.10 Å². The molecule has 0 aromatic rings. The Kier molecular flexibility index (Phi) is 49.1. The summed E-state index contributed by atoms with van der Waals surface area (Å²) in [5.74, 6) is -0.989. The second-order valence-corrected chi connectivity index (χ2v) is 16.7. The SMILES string of the molecule is CC/C=C\C/C=C\C/C=C\C/C=C\C/C=C\C/C=C\C/C=C\C/C=C\C/C=C\CCCC(=O)OCC(COC(=O)CCCCCCCCCC)OC(=O)CCCCCCC/C=C\CCC. The Balaban J connectivity index is 4.30. The predicted octanol–water partition coefficient (Wildman–Crippen LogP) is 17.3. The molecule has 0 aliphatic carbocycles. The Morgan fingerprint density at radius 2 is 0.646 bits per heavy atom. The number of carbonyl (C=O) groups is 3. The largest absolute Gasteiger partial charge is 0.462 e. The molecule has 0 rings (SSSR count). The van der Waals surface area contributed by atoms with E-state index in [0.29, 0.717) is 19.3 Å². The zero-order valence-corrected chi connectivity index (χ0v) is 41.7. The molecule has 0 saturated heterocycles. The van der Waals surface area contributed by atoms with Crippen LogP contribution in [0, 0.1) is 0 Å². The fraction of sp³-hybridized carbons (Fsp3) is 0.610. The molecule has 1 atom stereocenters. The van der Waals surface area contributed by atoms with Gasteiger partial charge in [0.1, 0.15) is 13.2 Å². The molecular formula is C59H94O6. The molecule has 0 amide bonds. The van der Waals surface area contributed by atoms with Crippen LogP contribution in [-0.2, 0) is 28.6 Å². The molecule has 0 N–H and O–H groups in total. The Morgan fingerprint density at radius 1 is 0.323 bits per heavy atom. The van der Waals surface area contributed by atoms with Gasteiger partial charge in [-0.1, -0.05) is 213 Å². The third kappa shape index (κ3) is 50.7. The van der Waals surface area contributed by atoms with Gasteiger partial charge in [0.15, 0.2) is 6.10 Å². The van der Waals surface area contributed by atoms with Crippen LogP contribution in [0.5, 0.6) is 0 Å². The molecule has 366 valence electrons. The first-order chi connectivity index (χ1) is 32.0. The van der Waals surface area contributed by atoms with Crippen molar-refractivity contribution in [3.8, 4) is 0 Å². The smallest absolute Gasteiger partial charge is 0.306 e. The first-order valence-corrected chi connectivity index (χ1v) is 26.0. The average molecular weight is 899 g/mol. The minimum atomic E-state index is -0.804. The predicted molar refractivity (Wildman–Crippen MR) is 279 cm³/mol. The van der Waals surface area contributed by atoms with Crippen LogP contribution in [0.1, 0.15) is 213 Å². The van der Waals surface area contributed by atoms with Gasteiger partial charge in [-0.2, -0.15) is 0 Å². The molecule has 0 aliphatic heterocycles. The van der Waals surface area contributed by atoms with Crippen LogP contribution in [0.3, 0.4) is 0 Å². The Labute approximate surface area is 399 Å². The minimum absolute atomic E-state index is 0.101. The molecule has 0 fully saturated rings. The quantitative estimate of drug-likeness (QED) is 0.0262. The monoisotopic (exact) mass is 899 g/mol. The van der Waals surface area contributed by atoms with E-state index in [2.05, 4.69) is 142 Å². The van der Waals surface area contributed by atoms with Crippen molar-refractivity contribution < 1.29 is 28.6 Å². The maximum atomic E-state index is 12.7. The Hall–Kier alpha value is -4.19. The number of rotatable bonds is 45. The van der Waals surface area contributed by atoms with Crippen LogP contribution < -0.4 is 0 Å². The van der Waals surface area contributed by atoms with E-state index in [0.717, 1.165) is 122 Å². The number of hydrogen-bond acceptors (Lipinski definition) is 6. The van der Waals surface area contributed by atoms with Crippen molar-refractivity contribution in [2.45, 2.75) is 219 Å². The van der Waals surface area contributed by atoms with Gasteiger partial charge in [0.25, 0.3) is 0 Å². The fourth-order valence-electron chi connectivity index (χ4n) is 6.56. The van der Waals surface area contributed by atoms with Crippen LogP contribution in [0.15, 0.2) is 122 Å². The highest BCUT2D eigenvalue weighted by atomic mass is 16.6. The van der Waals surface area contributed by atoms with Crippen molar-refractivity contribution in [1.82, 2.24) is 0 Å². The van der Waals surface area contributed by atoms with Gasteiger partial charge in [-0.15, -0.1) is 0 Å². The van der Waals surface area contributed by atoms with E-state index in [1.54, 1.807) is 0 Å². The van der Waals surface area contributed by atoms with Gasteiger partial charge < -0.3 is 14.2 Å². The molecular weight excluding hydrogens is 805 g/mol. The Bertz CT molecular complexity index is 1400. The van der Waals surface area contributed by atoms with Crippen molar-refractivity contribution >= 4 is 17.9 Å². The van der Waals surface area contributed by atoms with E-state index in [4.69, 9.17) is 14.2 Å². The van der Waals surface area contributed by atoms with Gasteiger partial charge in [0, 0.05) is 19.3 Å². The lowest BCUT2D eigenvalue weighted by Gasteiger charge is -2.18. The summed E-state index contributed by atoms with van der Waals surface area (Å²) in [6, 6.07) is 0. The highest BCUT2D eigenvalue weighted by Crippen LogP contribution is 2.12. The summed E-state index contributed by atoms with van der Waals surface area (Å²) < 4.78 is 16.6. The first kappa shape index (κ1) is 60.8. The number of ether oxygens (including phenoxy) is 3. The summed E-state index contributed by atoms with van der Waals surface area (Å²) in [5, 5.41) is 0. The lowest BCUT2D eigenvalue weighted by molar-refractivity contribution is -0.167. The molecule has 0 aromatic carbocycles. The highest BCUT2D eigenvalue weighted by Gasteiger charge is 2.19. The minimum Gasteiger partial charge on any atom is -0.462 e. The molecule has 6 heteroatoms. The second-order valence-electron chi connectivity index (χ2n) is 16.7. The highest BCUT2D eigenvalue weighted by molar-refractivity contribution is 5.71. The van der Waals surface area contributed by atoms with Crippen molar-refractivity contribution in [3.63, 3.8) is 0 Å². The normalized spacial score (nSPS) is 13.1. The lowest BCUT2D eigenvalue weighted by atomic mass is 10.1. The number of esters is 3. The van der Waals surface area contributed by atoms with E-state index in [1.807, 2.05) is 0 Å². The average Bonchev–Trinajstić information content (AvgIpc) is 3.30. The summed E-state index contributed by atoms with van der Waals surface area (Å²) in [6.45, 7) is 6.35. The van der Waals surface area contributed by atoms with E-state index in [9.17, 15) is 14.4 Å². The number of hydrogen-bond donors (Lipinski definition) is 0. The maximum Gasteiger partial charge on any atom is 0.306 e. The van der Waals surface area contributed by atoms with Crippen LogP contribution >= 0.6 is 0 Å². The number of unbranched alkanes of at least 4 members (excludes halogenated alkanes) is 14. The van der Waals surface area contributed by atoms with E-state index in [-0.39, 0.29) is 37.5 Å². The summed E-state index contributed by atoms with van der Waals surface area (Å²) >= 11 is 0. The maximum absolute atomic E-state index is 12.7. The fourth-order valence-corrected chi connectivity index (χ4v) is 6.56. The van der Waals surface area contributed by atoms with Gasteiger partial charge in [0.2, 0.25) is 0 Å². The molecule has 0 aromatic heterocycles. The zero-order chi connectivity index (χ0) is 47.2. The Morgan fingerprint density at radius 3 is 1.08 bits per heavy atom. The van der Waals surface area contributed by atoms with Gasteiger partial charge in [0.05, 0.1) is 0 Å². The molecule has 0 saturated carbocycles. The van der Waals surface area contributed by atoms with Crippen molar-refractivity contribution in [2.24, 2.45) is 0 Å². The third-order valence-corrected chi connectivity index (χ3v) is 10.4. The van der Waals surface area contributed by atoms with Crippen LogP contribution in [-0.4, -0.2) is 37.2 Å². The zero-order valence-electron chi connectivity index (χ0n) is 41.7. The van der Waals surface area contributed by atoms with Crippen molar-refractivity contribution in [2.75, 3.05) is 13.2 Å². The second kappa shape index (κ2) is 52.4. The van der Waals surface area contributed by atoms with Crippen LogP contribution in [0.25, 0.3) is 0 Å². The number of allylic oxidation sites excluding steroid dienone is 20. The summed E-state index contributed by atoms with van der Waals surface area (Å²) in [6.07, 6.45) is 72.1. The van der Waals surface area contributed by atoms with E-state index in [1.165, 1.54) is 44.9 Å².